The largest absolute Gasteiger partial charge is 0.379 e. The lowest BCUT2D eigenvalue weighted by atomic mass is 9.88. The van der Waals surface area contributed by atoms with Gasteiger partial charge in [-0.1, -0.05) is 25.3 Å². The van der Waals surface area contributed by atoms with E-state index in [0.717, 1.165) is 45.7 Å². The first-order chi connectivity index (χ1) is 10.8. The van der Waals surface area contributed by atoms with Crippen LogP contribution in [0.2, 0.25) is 0 Å². The summed E-state index contributed by atoms with van der Waals surface area (Å²) in [7, 11) is 0. The highest BCUT2D eigenvalue weighted by Crippen LogP contribution is 2.27. The molecule has 5 heteroatoms. The molecule has 1 amide bonds. The Hall–Kier alpha value is -0.910. The van der Waals surface area contributed by atoms with Crippen LogP contribution in [0.25, 0.3) is 0 Å². The minimum absolute atomic E-state index is 0.238. The normalized spacial score (nSPS) is 22.4. The van der Waals surface area contributed by atoms with Crippen molar-refractivity contribution in [3.05, 3.63) is 22.4 Å². The molecule has 0 spiro atoms. The number of hydrogen-bond donors (Lipinski definition) is 1. The molecule has 1 aliphatic heterocycles. The van der Waals surface area contributed by atoms with Gasteiger partial charge in [0.05, 0.1) is 19.3 Å². The second kappa shape index (κ2) is 8.09. The van der Waals surface area contributed by atoms with Gasteiger partial charge in [-0.2, -0.15) is 0 Å². The lowest BCUT2D eigenvalue weighted by Crippen LogP contribution is -2.44. The Labute approximate surface area is 136 Å². The number of hydrogen-bond acceptors (Lipinski definition) is 4. The van der Waals surface area contributed by atoms with Gasteiger partial charge in [0.1, 0.15) is 0 Å². The lowest BCUT2D eigenvalue weighted by Gasteiger charge is -2.34. The van der Waals surface area contributed by atoms with E-state index in [0.29, 0.717) is 0 Å². The van der Waals surface area contributed by atoms with Gasteiger partial charge in [-0.15, -0.1) is 11.3 Å². The van der Waals surface area contributed by atoms with Crippen molar-refractivity contribution >= 4 is 17.2 Å². The number of nitrogens with zero attached hydrogens (tertiary/aromatic N) is 1. The molecular weight excluding hydrogens is 296 g/mol. The zero-order chi connectivity index (χ0) is 15.2. The topological polar surface area (TPSA) is 41.6 Å². The molecule has 1 saturated heterocycles. The summed E-state index contributed by atoms with van der Waals surface area (Å²) in [5.74, 6) is 0.497. The number of thiophene rings is 1. The monoisotopic (exact) mass is 322 g/mol. The standard InChI is InChI=1S/C17H26N2O2S/c20-17(14-5-2-1-3-6-14)18-13-15(16-7-4-12-22-16)19-8-10-21-11-9-19/h4,7,12,14-15H,1-3,5-6,8-11,13H2,(H,18,20)/t15-/m1/s1. The molecule has 3 rings (SSSR count). The van der Waals surface area contributed by atoms with E-state index in [9.17, 15) is 4.79 Å². The SMILES string of the molecule is O=C(NC[C@H](c1cccs1)N1CCOCC1)C1CCCCC1. The first-order valence-electron chi connectivity index (χ1n) is 8.47. The van der Waals surface area contributed by atoms with Gasteiger partial charge >= 0.3 is 0 Å². The Kier molecular flexibility index (Phi) is 5.87. The van der Waals surface area contributed by atoms with Crippen molar-refractivity contribution in [1.82, 2.24) is 10.2 Å². The van der Waals surface area contributed by atoms with Gasteiger partial charge in [0.15, 0.2) is 0 Å². The molecule has 1 aromatic rings. The van der Waals surface area contributed by atoms with Gasteiger partial charge in [-0.3, -0.25) is 9.69 Å². The number of rotatable bonds is 5. The van der Waals surface area contributed by atoms with Crippen LogP contribution >= 0.6 is 11.3 Å². The number of nitrogens with one attached hydrogen (secondary N) is 1. The fraction of sp³-hybridized carbons (Fsp3) is 0.706. The van der Waals surface area contributed by atoms with Gasteiger partial charge in [-0.25, -0.2) is 0 Å². The van der Waals surface area contributed by atoms with Crippen molar-refractivity contribution in [2.75, 3.05) is 32.8 Å². The molecule has 122 valence electrons. The van der Waals surface area contributed by atoms with Crippen LogP contribution in [0.1, 0.15) is 43.0 Å². The summed E-state index contributed by atoms with van der Waals surface area (Å²) in [6, 6.07) is 4.56. The van der Waals surface area contributed by atoms with Crippen LogP contribution in [0.3, 0.4) is 0 Å². The predicted molar refractivity (Wildman–Crippen MR) is 89.0 cm³/mol. The second-order valence-electron chi connectivity index (χ2n) is 6.26. The number of carbonyl (C=O) groups excluding carboxylic acids is 1. The van der Waals surface area contributed by atoms with Crippen LogP contribution in [-0.4, -0.2) is 43.7 Å². The summed E-state index contributed by atoms with van der Waals surface area (Å²) in [6.45, 7) is 4.19. The number of morpholine rings is 1. The van der Waals surface area contributed by atoms with Crippen molar-refractivity contribution in [3.8, 4) is 0 Å². The summed E-state index contributed by atoms with van der Waals surface area (Å²) in [6.07, 6.45) is 5.82. The van der Waals surface area contributed by atoms with E-state index in [1.165, 1.54) is 24.1 Å². The molecule has 4 nitrogen and oxygen atoms in total. The molecule has 0 radical (unpaired) electrons. The molecule has 22 heavy (non-hydrogen) atoms. The molecule has 0 unspecified atom stereocenters. The second-order valence-corrected chi connectivity index (χ2v) is 7.24. The summed E-state index contributed by atoms with van der Waals surface area (Å²) >= 11 is 1.78. The molecule has 1 saturated carbocycles. The van der Waals surface area contributed by atoms with E-state index < -0.39 is 0 Å². The molecule has 0 bridgehead atoms. The third-order valence-electron chi connectivity index (χ3n) is 4.80. The molecule has 0 aromatic carbocycles. The van der Waals surface area contributed by atoms with Crippen molar-refractivity contribution in [3.63, 3.8) is 0 Å². The molecular formula is C17H26N2O2S. The Morgan fingerprint density at radius 1 is 1.32 bits per heavy atom. The maximum Gasteiger partial charge on any atom is 0.223 e. The smallest absolute Gasteiger partial charge is 0.223 e. The minimum atomic E-state index is 0.238. The lowest BCUT2D eigenvalue weighted by molar-refractivity contribution is -0.126. The third-order valence-corrected chi connectivity index (χ3v) is 5.78. The Morgan fingerprint density at radius 2 is 2.09 bits per heavy atom. The van der Waals surface area contributed by atoms with Crippen LogP contribution in [0, 0.1) is 5.92 Å². The Bertz CT molecular complexity index is 451. The van der Waals surface area contributed by atoms with E-state index in [4.69, 9.17) is 4.74 Å². The quantitative estimate of drug-likeness (QED) is 0.906. The molecule has 1 aromatic heterocycles. The zero-order valence-corrected chi connectivity index (χ0v) is 13.9. The Balaban J connectivity index is 1.58. The maximum atomic E-state index is 12.4. The first kappa shape index (κ1) is 16.0. The summed E-state index contributed by atoms with van der Waals surface area (Å²) in [5.41, 5.74) is 0. The van der Waals surface area contributed by atoms with E-state index >= 15 is 0 Å². The molecule has 1 N–H and O–H groups in total. The Morgan fingerprint density at radius 3 is 2.77 bits per heavy atom. The summed E-state index contributed by atoms with van der Waals surface area (Å²) in [4.78, 5) is 16.2. The molecule has 1 aliphatic carbocycles. The fourth-order valence-electron chi connectivity index (χ4n) is 3.49. The van der Waals surface area contributed by atoms with Crippen molar-refractivity contribution in [2.45, 2.75) is 38.1 Å². The van der Waals surface area contributed by atoms with Crippen LogP contribution in [0.15, 0.2) is 17.5 Å². The van der Waals surface area contributed by atoms with Crippen LogP contribution in [0.4, 0.5) is 0 Å². The maximum absolute atomic E-state index is 12.4. The zero-order valence-electron chi connectivity index (χ0n) is 13.1. The van der Waals surface area contributed by atoms with Gasteiger partial charge in [0.25, 0.3) is 0 Å². The summed E-state index contributed by atoms with van der Waals surface area (Å²) < 4.78 is 5.46. The average molecular weight is 322 g/mol. The fourth-order valence-corrected chi connectivity index (χ4v) is 4.35. The number of ether oxygens (including phenoxy) is 1. The van der Waals surface area contributed by atoms with Gasteiger partial charge < -0.3 is 10.1 Å². The van der Waals surface area contributed by atoms with E-state index in [2.05, 4.69) is 27.7 Å². The number of carbonyl (C=O) groups is 1. The van der Waals surface area contributed by atoms with Gasteiger partial charge in [-0.05, 0) is 24.3 Å². The first-order valence-corrected chi connectivity index (χ1v) is 9.35. The van der Waals surface area contributed by atoms with E-state index in [-0.39, 0.29) is 17.9 Å². The van der Waals surface area contributed by atoms with E-state index in [1.54, 1.807) is 11.3 Å². The molecule has 1 atom stereocenters. The third kappa shape index (κ3) is 4.09. The average Bonchev–Trinajstić information content (AvgIpc) is 3.11. The van der Waals surface area contributed by atoms with Crippen molar-refractivity contribution < 1.29 is 9.53 Å². The van der Waals surface area contributed by atoms with Crippen LogP contribution in [-0.2, 0) is 9.53 Å². The van der Waals surface area contributed by atoms with Gasteiger partial charge in [0, 0.05) is 30.4 Å². The van der Waals surface area contributed by atoms with Gasteiger partial charge in [0.2, 0.25) is 5.91 Å². The molecule has 2 heterocycles. The predicted octanol–water partition coefficient (Wildman–Crippen LogP) is 2.82. The van der Waals surface area contributed by atoms with E-state index in [1.807, 2.05) is 0 Å². The highest BCUT2D eigenvalue weighted by Gasteiger charge is 2.26. The highest BCUT2D eigenvalue weighted by molar-refractivity contribution is 7.10. The molecule has 2 aliphatic rings. The van der Waals surface area contributed by atoms with Crippen molar-refractivity contribution in [2.24, 2.45) is 5.92 Å². The minimum Gasteiger partial charge on any atom is -0.379 e. The van der Waals surface area contributed by atoms with Crippen molar-refractivity contribution in [1.29, 1.82) is 0 Å². The van der Waals surface area contributed by atoms with Crippen LogP contribution < -0.4 is 5.32 Å². The molecule has 2 fully saturated rings. The summed E-state index contributed by atoms with van der Waals surface area (Å²) in [5, 5.41) is 5.34. The highest BCUT2D eigenvalue weighted by atomic mass is 32.1. The number of amides is 1. The van der Waals surface area contributed by atoms with Crippen LogP contribution in [0.5, 0.6) is 0 Å².